The van der Waals surface area contributed by atoms with Crippen molar-refractivity contribution in [3.63, 3.8) is 0 Å². The van der Waals surface area contributed by atoms with Crippen LogP contribution >= 0.6 is 23.5 Å². The highest BCUT2D eigenvalue weighted by Crippen LogP contribution is 2.28. The number of aromatic nitrogens is 3. The molecule has 0 bridgehead atoms. The Balaban J connectivity index is 1.39. The Bertz CT molecular complexity index is 1150. The number of nitrogens with zero attached hydrogens (tertiary/aromatic N) is 2. The van der Waals surface area contributed by atoms with Gasteiger partial charge in [0.15, 0.2) is 5.16 Å². The van der Waals surface area contributed by atoms with Gasteiger partial charge in [-0.2, -0.15) is 8.78 Å². The van der Waals surface area contributed by atoms with Gasteiger partial charge < -0.3 is 9.72 Å². The molecule has 4 rings (SSSR count). The largest absolute Gasteiger partial charge is 0.435 e. The number of H-pyrrole nitrogens is 1. The van der Waals surface area contributed by atoms with E-state index in [1.54, 1.807) is 36.2 Å². The highest BCUT2D eigenvalue weighted by Gasteiger charge is 2.09. The van der Waals surface area contributed by atoms with E-state index >= 15 is 0 Å². The van der Waals surface area contributed by atoms with Crippen LogP contribution in [0.2, 0.25) is 0 Å². The molecule has 0 saturated carbocycles. The standard InChI is InChI=1S/C21H16F3N3OS2/c22-17-4-2-1-3-13(17)11-29-16-7-8-25-14(9-16)12-30-21-26-18-6-5-15(28-20(23)24)10-19(18)27-21/h1-10,20H,11-12H2,(H,26,27). The maximum Gasteiger partial charge on any atom is 0.387 e. The molecule has 0 spiro atoms. The molecule has 30 heavy (non-hydrogen) atoms. The number of hydrogen-bond donors (Lipinski definition) is 1. The van der Waals surface area contributed by atoms with Crippen LogP contribution in [0.5, 0.6) is 5.75 Å². The summed E-state index contributed by atoms with van der Waals surface area (Å²) in [7, 11) is 0. The van der Waals surface area contributed by atoms with Gasteiger partial charge >= 0.3 is 6.61 Å². The molecule has 9 heteroatoms. The maximum absolute atomic E-state index is 13.8. The summed E-state index contributed by atoms with van der Waals surface area (Å²) < 4.78 is 42.9. The zero-order valence-corrected chi connectivity index (χ0v) is 17.2. The third-order valence-electron chi connectivity index (χ3n) is 4.15. The maximum atomic E-state index is 13.8. The average Bonchev–Trinajstić information content (AvgIpc) is 3.14. The van der Waals surface area contributed by atoms with Gasteiger partial charge in [-0.15, -0.1) is 11.8 Å². The Morgan fingerprint density at radius 3 is 2.70 bits per heavy atom. The number of halogens is 3. The second-order valence-corrected chi connectivity index (χ2v) is 8.26. The van der Waals surface area contributed by atoms with Gasteiger partial charge in [-0.3, -0.25) is 4.98 Å². The van der Waals surface area contributed by atoms with E-state index in [1.165, 1.54) is 30.0 Å². The van der Waals surface area contributed by atoms with Gasteiger partial charge in [-0.25, -0.2) is 9.37 Å². The van der Waals surface area contributed by atoms with Crippen molar-refractivity contribution in [3.8, 4) is 5.75 Å². The number of benzene rings is 2. The third kappa shape index (κ3) is 5.28. The number of rotatable bonds is 8. The summed E-state index contributed by atoms with van der Waals surface area (Å²) in [5.41, 5.74) is 2.81. The molecule has 2 aromatic carbocycles. The molecule has 0 amide bonds. The molecule has 1 N–H and O–H groups in total. The van der Waals surface area contributed by atoms with Crippen LogP contribution in [0.3, 0.4) is 0 Å². The zero-order valence-electron chi connectivity index (χ0n) is 15.5. The van der Waals surface area contributed by atoms with Gasteiger partial charge in [0.25, 0.3) is 0 Å². The monoisotopic (exact) mass is 447 g/mol. The van der Waals surface area contributed by atoms with Gasteiger partial charge in [-0.1, -0.05) is 30.0 Å². The molecule has 4 aromatic rings. The van der Waals surface area contributed by atoms with Crippen LogP contribution in [-0.4, -0.2) is 21.6 Å². The second kappa shape index (κ2) is 9.44. The van der Waals surface area contributed by atoms with Gasteiger partial charge in [0.2, 0.25) is 0 Å². The number of alkyl halides is 2. The first-order valence-corrected chi connectivity index (χ1v) is 10.9. The summed E-state index contributed by atoms with van der Waals surface area (Å²) in [4.78, 5) is 12.9. The van der Waals surface area contributed by atoms with Crippen molar-refractivity contribution in [2.75, 3.05) is 0 Å². The van der Waals surface area contributed by atoms with Crippen molar-refractivity contribution in [1.29, 1.82) is 0 Å². The summed E-state index contributed by atoms with van der Waals surface area (Å²) in [6.07, 6.45) is 1.73. The number of nitrogens with one attached hydrogen (secondary N) is 1. The first-order chi connectivity index (χ1) is 14.6. The van der Waals surface area contributed by atoms with E-state index in [1.807, 2.05) is 18.2 Å². The van der Waals surface area contributed by atoms with Crippen molar-refractivity contribution in [1.82, 2.24) is 15.0 Å². The number of thioether (sulfide) groups is 2. The van der Waals surface area contributed by atoms with E-state index in [9.17, 15) is 13.2 Å². The molecule has 0 atom stereocenters. The molecule has 4 nitrogen and oxygen atoms in total. The van der Waals surface area contributed by atoms with Crippen molar-refractivity contribution in [2.45, 2.75) is 28.2 Å². The molecule has 2 heterocycles. The Labute approximate surface area is 179 Å². The number of hydrogen-bond acceptors (Lipinski definition) is 5. The molecule has 0 aliphatic rings. The smallest absolute Gasteiger partial charge is 0.387 e. The molecule has 0 aliphatic carbocycles. The number of fused-ring (bicyclic) bond motifs is 1. The van der Waals surface area contributed by atoms with Crippen molar-refractivity contribution in [2.24, 2.45) is 0 Å². The Morgan fingerprint density at radius 1 is 1.00 bits per heavy atom. The van der Waals surface area contributed by atoms with E-state index in [-0.39, 0.29) is 11.6 Å². The van der Waals surface area contributed by atoms with Crippen molar-refractivity contribution >= 4 is 34.6 Å². The predicted molar refractivity (Wildman–Crippen MR) is 112 cm³/mol. The number of ether oxygens (including phenoxy) is 1. The minimum Gasteiger partial charge on any atom is -0.435 e. The lowest BCUT2D eigenvalue weighted by atomic mass is 10.2. The molecule has 0 aliphatic heterocycles. The lowest BCUT2D eigenvalue weighted by molar-refractivity contribution is -0.0497. The van der Waals surface area contributed by atoms with Gasteiger partial charge in [0.05, 0.1) is 16.7 Å². The van der Waals surface area contributed by atoms with Crippen LogP contribution < -0.4 is 4.74 Å². The fourth-order valence-electron chi connectivity index (χ4n) is 2.75. The minimum atomic E-state index is -2.87. The SMILES string of the molecule is Fc1ccccc1CSc1ccnc(CSc2nc3ccc(OC(F)F)cc3[nH]2)c1. The van der Waals surface area contributed by atoms with Crippen LogP contribution in [0.25, 0.3) is 11.0 Å². The Morgan fingerprint density at radius 2 is 1.87 bits per heavy atom. The third-order valence-corrected chi connectivity index (χ3v) is 6.10. The lowest BCUT2D eigenvalue weighted by Crippen LogP contribution is -2.01. The van der Waals surface area contributed by atoms with Crippen molar-refractivity contribution in [3.05, 3.63) is 77.9 Å². The molecular weight excluding hydrogens is 431 g/mol. The summed E-state index contributed by atoms with van der Waals surface area (Å²) in [5.74, 6) is 0.991. The molecule has 2 aromatic heterocycles. The number of imidazole rings is 1. The fourth-order valence-corrected chi connectivity index (χ4v) is 4.47. The number of aromatic amines is 1. The first kappa shape index (κ1) is 20.6. The van der Waals surface area contributed by atoms with Gasteiger partial charge in [0, 0.05) is 28.7 Å². The summed E-state index contributed by atoms with van der Waals surface area (Å²) in [6.45, 7) is -2.87. The van der Waals surface area contributed by atoms with Crippen molar-refractivity contribution < 1.29 is 17.9 Å². The van der Waals surface area contributed by atoms with Crippen LogP contribution in [0.1, 0.15) is 11.3 Å². The number of pyridine rings is 1. The highest BCUT2D eigenvalue weighted by atomic mass is 32.2. The van der Waals surface area contributed by atoms with E-state index in [2.05, 4.69) is 19.7 Å². The Hall–Kier alpha value is -2.65. The average molecular weight is 448 g/mol. The zero-order chi connectivity index (χ0) is 20.9. The van der Waals surface area contributed by atoms with Crippen LogP contribution in [-0.2, 0) is 11.5 Å². The van der Waals surface area contributed by atoms with E-state index in [0.29, 0.717) is 33.3 Å². The van der Waals surface area contributed by atoms with Crippen LogP contribution in [0.15, 0.2) is 70.8 Å². The molecule has 0 saturated heterocycles. The first-order valence-electron chi connectivity index (χ1n) is 8.95. The van der Waals surface area contributed by atoms with Gasteiger partial charge in [-0.05, 0) is 35.9 Å². The predicted octanol–water partition coefficient (Wildman–Crippen LogP) is 6.28. The summed E-state index contributed by atoms with van der Waals surface area (Å²) in [5, 5.41) is 0.658. The highest BCUT2D eigenvalue weighted by molar-refractivity contribution is 7.98. The molecule has 0 radical (unpaired) electrons. The molecule has 0 unspecified atom stereocenters. The minimum absolute atomic E-state index is 0.0824. The van der Waals surface area contributed by atoms with E-state index < -0.39 is 6.61 Å². The molecular formula is C21H16F3N3OS2. The normalized spacial score (nSPS) is 11.3. The summed E-state index contributed by atoms with van der Waals surface area (Å²) in [6, 6.07) is 15.2. The topological polar surface area (TPSA) is 50.8 Å². The molecule has 154 valence electrons. The summed E-state index contributed by atoms with van der Waals surface area (Å²) >= 11 is 3.00. The fraction of sp³-hybridized carbons (Fsp3) is 0.143. The van der Waals surface area contributed by atoms with Gasteiger partial charge in [0.1, 0.15) is 11.6 Å². The van der Waals surface area contributed by atoms with E-state index in [0.717, 1.165) is 10.6 Å². The Kier molecular flexibility index (Phi) is 6.49. The quantitative estimate of drug-likeness (QED) is 0.322. The lowest BCUT2D eigenvalue weighted by Gasteiger charge is -2.05. The second-order valence-electron chi connectivity index (χ2n) is 6.25. The van der Waals surface area contributed by atoms with Crippen LogP contribution in [0.4, 0.5) is 13.2 Å². The van der Waals surface area contributed by atoms with Crippen LogP contribution in [0, 0.1) is 5.82 Å². The molecule has 0 fully saturated rings. The van der Waals surface area contributed by atoms with E-state index in [4.69, 9.17) is 0 Å².